The molecule has 0 spiro atoms. The first-order valence-corrected chi connectivity index (χ1v) is 8.63. The summed E-state index contributed by atoms with van der Waals surface area (Å²) in [6, 6.07) is 18.6. The van der Waals surface area contributed by atoms with E-state index >= 15 is 0 Å². The van der Waals surface area contributed by atoms with E-state index in [-0.39, 0.29) is 11.8 Å². The van der Waals surface area contributed by atoms with Gasteiger partial charge in [0.15, 0.2) is 0 Å². The number of anilines is 1. The minimum absolute atomic E-state index is 0.0721. The number of hydrogen-bond donors (Lipinski definition) is 1. The summed E-state index contributed by atoms with van der Waals surface area (Å²) in [6.07, 6.45) is 4.52. The molecular weight excluding hydrogens is 310 g/mol. The Labute approximate surface area is 147 Å². The number of hydrogen-bond acceptors (Lipinski definition) is 2. The van der Waals surface area contributed by atoms with Gasteiger partial charge >= 0.3 is 0 Å². The van der Waals surface area contributed by atoms with Crippen molar-refractivity contribution in [1.29, 1.82) is 0 Å². The largest absolute Gasteiger partial charge is 0.323 e. The number of aromatic nitrogens is 2. The molecule has 1 aliphatic rings. The average molecular weight is 331 g/mol. The Morgan fingerprint density at radius 1 is 1.16 bits per heavy atom. The summed E-state index contributed by atoms with van der Waals surface area (Å²) >= 11 is 0. The minimum atomic E-state index is 0.0721. The number of amides is 1. The van der Waals surface area contributed by atoms with Gasteiger partial charge in [0.2, 0.25) is 5.91 Å². The molecule has 3 aromatic rings. The molecule has 1 heterocycles. The number of benzene rings is 2. The molecule has 1 amide bonds. The SMILES string of the molecule is Cc1ccc(Cn2cc(NC(=O)C3CC3c3ccccc3)cn2)cc1. The van der Waals surface area contributed by atoms with E-state index in [4.69, 9.17) is 0 Å². The average Bonchev–Trinajstić information content (AvgIpc) is 3.33. The van der Waals surface area contributed by atoms with Crippen LogP contribution in [0.2, 0.25) is 0 Å². The zero-order valence-electron chi connectivity index (χ0n) is 14.2. The molecule has 0 bridgehead atoms. The molecule has 4 nitrogen and oxygen atoms in total. The van der Waals surface area contributed by atoms with Crippen LogP contribution < -0.4 is 5.32 Å². The lowest BCUT2D eigenvalue weighted by Crippen LogP contribution is -2.14. The maximum absolute atomic E-state index is 12.4. The van der Waals surface area contributed by atoms with Crippen LogP contribution in [0.4, 0.5) is 5.69 Å². The topological polar surface area (TPSA) is 46.9 Å². The van der Waals surface area contributed by atoms with Crippen LogP contribution in [0.5, 0.6) is 0 Å². The van der Waals surface area contributed by atoms with Crippen molar-refractivity contribution < 1.29 is 4.79 Å². The molecule has 2 aromatic carbocycles. The summed E-state index contributed by atoms with van der Waals surface area (Å²) in [7, 11) is 0. The zero-order valence-corrected chi connectivity index (χ0v) is 14.2. The number of nitrogens with zero attached hydrogens (tertiary/aromatic N) is 2. The van der Waals surface area contributed by atoms with E-state index in [0.717, 1.165) is 12.1 Å². The van der Waals surface area contributed by atoms with Gasteiger partial charge in [-0.25, -0.2) is 0 Å². The van der Waals surface area contributed by atoms with Crippen LogP contribution in [-0.2, 0) is 11.3 Å². The molecule has 4 heteroatoms. The van der Waals surface area contributed by atoms with Crippen molar-refractivity contribution in [2.24, 2.45) is 5.92 Å². The summed E-state index contributed by atoms with van der Waals surface area (Å²) in [6.45, 7) is 2.78. The fourth-order valence-electron chi connectivity index (χ4n) is 3.18. The molecule has 4 rings (SSSR count). The lowest BCUT2D eigenvalue weighted by Gasteiger charge is -2.03. The molecule has 1 saturated carbocycles. The number of aryl methyl sites for hydroxylation is 1. The third kappa shape index (κ3) is 3.63. The predicted molar refractivity (Wildman–Crippen MR) is 98.4 cm³/mol. The molecule has 1 aliphatic carbocycles. The minimum Gasteiger partial charge on any atom is -0.323 e. The smallest absolute Gasteiger partial charge is 0.228 e. The van der Waals surface area contributed by atoms with Gasteiger partial charge in [0.1, 0.15) is 0 Å². The maximum atomic E-state index is 12.4. The molecule has 1 fully saturated rings. The highest BCUT2D eigenvalue weighted by molar-refractivity contribution is 5.95. The van der Waals surface area contributed by atoms with Gasteiger partial charge in [0, 0.05) is 12.1 Å². The van der Waals surface area contributed by atoms with E-state index in [1.807, 2.05) is 29.1 Å². The number of carbonyl (C=O) groups is 1. The van der Waals surface area contributed by atoms with Gasteiger partial charge in [0.05, 0.1) is 18.4 Å². The molecule has 0 radical (unpaired) electrons. The first kappa shape index (κ1) is 15.6. The normalized spacial score (nSPS) is 18.8. The van der Waals surface area contributed by atoms with Gasteiger partial charge in [-0.15, -0.1) is 0 Å². The Kier molecular flexibility index (Phi) is 4.10. The Morgan fingerprint density at radius 3 is 2.68 bits per heavy atom. The Morgan fingerprint density at radius 2 is 1.92 bits per heavy atom. The Bertz CT molecular complexity index is 868. The van der Waals surface area contributed by atoms with Crippen molar-refractivity contribution in [2.75, 3.05) is 5.32 Å². The molecule has 2 unspecified atom stereocenters. The van der Waals surface area contributed by atoms with E-state index in [0.29, 0.717) is 12.5 Å². The van der Waals surface area contributed by atoms with Crippen molar-refractivity contribution in [3.8, 4) is 0 Å². The molecule has 2 atom stereocenters. The summed E-state index contributed by atoms with van der Waals surface area (Å²) in [5, 5.41) is 7.34. The van der Waals surface area contributed by atoms with Crippen LogP contribution in [-0.4, -0.2) is 15.7 Å². The summed E-state index contributed by atoms with van der Waals surface area (Å²) in [4.78, 5) is 12.4. The number of nitrogens with one attached hydrogen (secondary N) is 1. The van der Waals surface area contributed by atoms with Gasteiger partial charge in [0.25, 0.3) is 0 Å². The van der Waals surface area contributed by atoms with Crippen LogP contribution in [0.3, 0.4) is 0 Å². The van der Waals surface area contributed by atoms with Crippen LogP contribution >= 0.6 is 0 Å². The van der Waals surface area contributed by atoms with E-state index in [9.17, 15) is 4.79 Å². The number of carbonyl (C=O) groups excluding carboxylic acids is 1. The zero-order chi connectivity index (χ0) is 17.2. The highest BCUT2D eigenvalue weighted by Gasteiger charge is 2.43. The highest BCUT2D eigenvalue weighted by Crippen LogP contribution is 2.47. The van der Waals surface area contributed by atoms with Crippen LogP contribution in [0, 0.1) is 12.8 Å². The van der Waals surface area contributed by atoms with Crippen molar-refractivity contribution >= 4 is 11.6 Å². The molecule has 0 aliphatic heterocycles. The van der Waals surface area contributed by atoms with Gasteiger partial charge in [-0.2, -0.15) is 5.10 Å². The predicted octanol–water partition coefficient (Wildman–Crippen LogP) is 3.98. The van der Waals surface area contributed by atoms with Gasteiger partial charge in [-0.05, 0) is 30.4 Å². The third-order valence-electron chi connectivity index (χ3n) is 4.72. The van der Waals surface area contributed by atoms with Crippen LogP contribution in [0.1, 0.15) is 29.0 Å². The van der Waals surface area contributed by atoms with Crippen molar-refractivity contribution in [2.45, 2.75) is 25.8 Å². The maximum Gasteiger partial charge on any atom is 0.228 e. The molecule has 0 saturated heterocycles. The second kappa shape index (κ2) is 6.55. The van der Waals surface area contributed by atoms with Crippen LogP contribution in [0.25, 0.3) is 0 Å². The van der Waals surface area contributed by atoms with E-state index < -0.39 is 0 Å². The molecule has 126 valence electrons. The Hall–Kier alpha value is -2.88. The number of rotatable bonds is 5. The molecule has 1 N–H and O–H groups in total. The van der Waals surface area contributed by atoms with E-state index in [2.05, 4.69) is 53.7 Å². The lowest BCUT2D eigenvalue weighted by molar-refractivity contribution is -0.117. The molecular formula is C21H21N3O. The highest BCUT2D eigenvalue weighted by atomic mass is 16.2. The van der Waals surface area contributed by atoms with Crippen molar-refractivity contribution in [3.63, 3.8) is 0 Å². The quantitative estimate of drug-likeness (QED) is 0.768. The molecule has 1 aromatic heterocycles. The van der Waals surface area contributed by atoms with Crippen molar-refractivity contribution in [1.82, 2.24) is 9.78 Å². The second-order valence-electron chi connectivity index (χ2n) is 6.76. The monoisotopic (exact) mass is 331 g/mol. The van der Waals surface area contributed by atoms with Gasteiger partial charge in [-0.3, -0.25) is 9.48 Å². The summed E-state index contributed by atoms with van der Waals surface area (Å²) in [5.74, 6) is 0.510. The second-order valence-corrected chi connectivity index (χ2v) is 6.76. The van der Waals surface area contributed by atoms with E-state index in [1.165, 1.54) is 16.7 Å². The van der Waals surface area contributed by atoms with Gasteiger partial charge < -0.3 is 5.32 Å². The van der Waals surface area contributed by atoms with E-state index in [1.54, 1.807) is 6.20 Å². The fraction of sp³-hybridized carbons (Fsp3) is 0.238. The van der Waals surface area contributed by atoms with Crippen molar-refractivity contribution in [3.05, 3.63) is 83.7 Å². The summed E-state index contributed by atoms with van der Waals surface area (Å²) < 4.78 is 1.85. The summed E-state index contributed by atoms with van der Waals surface area (Å²) in [5.41, 5.74) is 4.45. The fourth-order valence-corrected chi connectivity index (χ4v) is 3.18. The first-order chi connectivity index (χ1) is 12.2. The van der Waals surface area contributed by atoms with Crippen LogP contribution in [0.15, 0.2) is 67.0 Å². The molecule has 25 heavy (non-hydrogen) atoms. The standard InChI is InChI=1S/C21H21N3O/c1-15-7-9-16(10-8-15)13-24-14-18(12-22-24)23-21(25)20-11-19(20)17-5-3-2-4-6-17/h2-10,12,14,19-20H,11,13H2,1H3,(H,23,25). The Balaban J connectivity index is 1.35. The third-order valence-corrected chi connectivity index (χ3v) is 4.72. The first-order valence-electron chi connectivity index (χ1n) is 8.63. The van der Waals surface area contributed by atoms with Gasteiger partial charge in [-0.1, -0.05) is 60.2 Å². The lowest BCUT2D eigenvalue weighted by atomic mass is 10.1.